The van der Waals surface area contributed by atoms with E-state index in [0.29, 0.717) is 5.95 Å². The first-order valence-electron chi connectivity index (χ1n) is 14.7. The van der Waals surface area contributed by atoms with Crippen LogP contribution in [-0.2, 0) is 0 Å². The van der Waals surface area contributed by atoms with Gasteiger partial charge in [0.1, 0.15) is 0 Å². The molecule has 0 aliphatic heterocycles. The lowest BCUT2D eigenvalue weighted by Crippen LogP contribution is -2.29. The summed E-state index contributed by atoms with van der Waals surface area (Å²) >= 11 is 0. The summed E-state index contributed by atoms with van der Waals surface area (Å²) in [7, 11) is 0. The van der Waals surface area contributed by atoms with Gasteiger partial charge in [-0.15, -0.1) is 0 Å². The Bertz CT molecular complexity index is 2150. The summed E-state index contributed by atoms with van der Waals surface area (Å²) in [5.74, 6) is 0.675. The molecule has 0 unspecified atom stereocenters. The predicted molar refractivity (Wildman–Crippen MR) is 178 cm³/mol. The van der Waals surface area contributed by atoms with E-state index < -0.39 is 0 Å². The number of anilines is 3. The molecule has 0 aliphatic rings. The Morgan fingerprint density at radius 3 is 1.73 bits per heavy atom. The van der Waals surface area contributed by atoms with Gasteiger partial charge in [-0.25, -0.2) is 9.97 Å². The van der Waals surface area contributed by atoms with Crippen molar-refractivity contribution in [2.75, 3.05) is 4.90 Å². The molecule has 8 rings (SSSR count). The van der Waals surface area contributed by atoms with Crippen LogP contribution in [-0.4, -0.2) is 14.5 Å². The molecule has 3 heterocycles. The van der Waals surface area contributed by atoms with E-state index in [0.717, 1.165) is 33.8 Å². The number of hydrogen-bond donors (Lipinski definition) is 0. The molecule has 0 fully saturated rings. The molecule has 0 saturated heterocycles. The van der Waals surface area contributed by atoms with Crippen LogP contribution in [0.15, 0.2) is 170 Å². The molecular weight excluding hydrogens is 538 g/mol. The van der Waals surface area contributed by atoms with Crippen molar-refractivity contribution < 1.29 is 4.57 Å². The molecular formula is C39H28N5+. The first-order chi connectivity index (χ1) is 21.8. The summed E-state index contributed by atoms with van der Waals surface area (Å²) in [6.45, 7) is 0. The van der Waals surface area contributed by atoms with Crippen molar-refractivity contribution in [2.45, 2.75) is 0 Å². The highest BCUT2D eigenvalue weighted by molar-refractivity contribution is 6.10. The average Bonchev–Trinajstić information content (AvgIpc) is 3.44. The fourth-order valence-electron chi connectivity index (χ4n) is 5.94. The second-order valence-corrected chi connectivity index (χ2v) is 10.7. The van der Waals surface area contributed by atoms with Crippen molar-refractivity contribution in [3.05, 3.63) is 170 Å². The molecule has 0 aliphatic carbocycles. The van der Waals surface area contributed by atoms with Gasteiger partial charge in [0.2, 0.25) is 11.6 Å². The van der Waals surface area contributed by atoms with Crippen LogP contribution in [0, 0.1) is 0 Å². The largest absolute Gasteiger partial charge is 0.310 e. The molecule has 0 amide bonds. The van der Waals surface area contributed by atoms with Gasteiger partial charge in [-0.3, -0.25) is 4.57 Å². The van der Waals surface area contributed by atoms with Gasteiger partial charge in [-0.1, -0.05) is 60.7 Å². The van der Waals surface area contributed by atoms with E-state index in [9.17, 15) is 0 Å². The van der Waals surface area contributed by atoms with E-state index in [1.807, 2.05) is 18.2 Å². The summed E-state index contributed by atoms with van der Waals surface area (Å²) in [4.78, 5) is 11.3. The van der Waals surface area contributed by atoms with Crippen LogP contribution in [0.2, 0.25) is 0 Å². The van der Waals surface area contributed by atoms with E-state index in [2.05, 4.69) is 164 Å². The Balaban J connectivity index is 1.12. The maximum Gasteiger partial charge on any atom is 0.234 e. The summed E-state index contributed by atoms with van der Waals surface area (Å²) in [5, 5.41) is 2.37. The number of pyridine rings is 1. The molecule has 0 spiro atoms. The van der Waals surface area contributed by atoms with Crippen LogP contribution in [0.25, 0.3) is 44.6 Å². The van der Waals surface area contributed by atoms with Gasteiger partial charge >= 0.3 is 0 Å². The highest BCUT2D eigenvalue weighted by atomic mass is 15.2. The van der Waals surface area contributed by atoms with E-state index in [1.165, 1.54) is 21.9 Å². The van der Waals surface area contributed by atoms with Crippen LogP contribution < -0.4 is 9.47 Å². The molecule has 208 valence electrons. The van der Waals surface area contributed by atoms with Crippen molar-refractivity contribution in [2.24, 2.45) is 0 Å². The monoisotopic (exact) mass is 566 g/mol. The fraction of sp³-hybridized carbons (Fsp3) is 0. The van der Waals surface area contributed by atoms with Crippen LogP contribution in [0.5, 0.6) is 0 Å². The third-order valence-electron chi connectivity index (χ3n) is 8.02. The SMILES string of the molecule is c1ccc(N(c2ccccc2)c2cc[n+](-c3ccc(-c4ccc5c(c4)c4ccccc4n5-c4ncccn4)cc3)cc2)cc1. The minimum absolute atomic E-state index is 0.675. The molecule has 0 atom stereocenters. The number of nitrogens with zero attached hydrogens (tertiary/aromatic N) is 5. The summed E-state index contributed by atoms with van der Waals surface area (Å²) < 4.78 is 4.28. The van der Waals surface area contributed by atoms with Crippen LogP contribution in [0.4, 0.5) is 17.1 Å². The first kappa shape index (κ1) is 25.6. The highest BCUT2D eigenvalue weighted by Crippen LogP contribution is 2.35. The number of fused-ring (bicyclic) bond motifs is 3. The van der Waals surface area contributed by atoms with Gasteiger partial charge in [0, 0.05) is 58.8 Å². The lowest BCUT2D eigenvalue weighted by Gasteiger charge is -2.24. The lowest BCUT2D eigenvalue weighted by atomic mass is 10.0. The molecule has 5 aromatic carbocycles. The Morgan fingerprint density at radius 2 is 1.05 bits per heavy atom. The fourth-order valence-corrected chi connectivity index (χ4v) is 5.94. The standard InChI is InChI=1S/C39H28N5/c1-3-10-32(11-4-1)43(33-12-5-2-6-13-33)34-22-26-42(27-23-34)31-19-16-29(17-20-31)30-18-21-38-36(28-30)35-14-7-8-15-37(35)44(38)39-40-24-9-25-41-39/h1-28H/q+1. The zero-order valence-corrected chi connectivity index (χ0v) is 23.9. The second-order valence-electron chi connectivity index (χ2n) is 10.7. The number of aromatic nitrogens is 4. The Hall–Kier alpha value is -6.07. The summed E-state index contributed by atoms with van der Waals surface area (Å²) in [6.07, 6.45) is 7.81. The molecule has 8 aromatic rings. The number of benzene rings is 5. The highest BCUT2D eigenvalue weighted by Gasteiger charge is 2.16. The van der Waals surface area contributed by atoms with Crippen LogP contribution in [0.1, 0.15) is 0 Å². The van der Waals surface area contributed by atoms with Gasteiger partial charge < -0.3 is 4.90 Å². The molecule has 0 bridgehead atoms. The van der Waals surface area contributed by atoms with E-state index >= 15 is 0 Å². The first-order valence-corrected chi connectivity index (χ1v) is 14.7. The maximum absolute atomic E-state index is 4.53. The quantitative estimate of drug-likeness (QED) is 0.189. The van der Waals surface area contributed by atoms with Gasteiger partial charge in [-0.05, 0) is 71.8 Å². The third kappa shape index (κ3) is 4.57. The molecule has 44 heavy (non-hydrogen) atoms. The minimum atomic E-state index is 0.675. The minimum Gasteiger partial charge on any atom is -0.310 e. The van der Waals surface area contributed by atoms with Crippen LogP contribution in [0.3, 0.4) is 0 Å². The topological polar surface area (TPSA) is 37.8 Å². The van der Waals surface area contributed by atoms with Gasteiger partial charge in [0.25, 0.3) is 0 Å². The number of para-hydroxylation sites is 3. The van der Waals surface area contributed by atoms with Crippen molar-refractivity contribution in [3.63, 3.8) is 0 Å². The van der Waals surface area contributed by atoms with Crippen LogP contribution >= 0.6 is 0 Å². The molecule has 3 aromatic heterocycles. The number of rotatable bonds is 6. The Kier molecular flexibility index (Phi) is 6.39. The van der Waals surface area contributed by atoms with Gasteiger partial charge in [-0.2, -0.15) is 4.57 Å². The van der Waals surface area contributed by atoms with Crippen molar-refractivity contribution in [3.8, 4) is 22.8 Å². The molecule has 5 heteroatoms. The smallest absolute Gasteiger partial charge is 0.234 e. The van der Waals surface area contributed by atoms with Gasteiger partial charge in [0.15, 0.2) is 12.4 Å². The van der Waals surface area contributed by atoms with E-state index in [4.69, 9.17) is 0 Å². The normalized spacial score (nSPS) is 11.2. The van der Waals surface area contributed by atoms with Crippen molar-refractivity contribution >= 4 is 38.9 Å². The second kappa shape index (κ2) is 11.0. The van der Waals surface area contributed by atoms with Crippen molar-refractivity contribution in [1.29, 1.82) is 0 Å². The Morgan fingerprint density at radius 1 is 0.477 bits per heavy atom. The summed E-state index contributed by atoms with van der Waals surface area (Å²) in [6, 6.07) is 50.9. The molecule has 0 radical (unpaired) electrons. The maximum atomic E-state index is 4.53. The number of hydrogen-bond acceptors (Lipinski definition) is 3. The van der Waals surface area contributed by atoms with Gasteiger partial charge in [0.05, 0.1) is 16.7 Å². The Labute approximate surface area is 255 Å². The average molecular weight is 567 g/mol. The summed E-state index contributed by atoms with van der Waals surface area (Å²) in [5.41, 5.74) is 8.97. The molecule has 5 nitrogen and oxygen atoms in total. The zero-order chi connectivity index (χ0) is 29.3. The molecule has 0 N–H and O–H groups in total. The third-order valence-corrected chi connectivity index (χ3v) is 8.02. The molecule has 0 saturated carbocycles. The zero-order valence-electron chi connectivity index (χ0n) is 23.9. The predicted octanol–water partition coefficient (Wildman–Crippen LogP) is 8.99. The van der Waals surface area contributed by atoms with E-state index in [-0.39, 0.29) is 0 Å². The van der Waals surface area contributed by atoms with E-state index in [1.54, 1.807) is 12.4 Å². The lowest BCUT2D eigenvalue weighted by molar-refractivity contribution is -0.595. The van der Waals surface area contributed by atoms with Crippen molar-refractivity contribution in [1.82, 2.24) is 14.5 Å².